The van der Waals surface area contributed by atoms with Gasteiger partial charge in [-0.3, -0.25) is 10.9 Å². The van der Waals surface area contributed by atoms with E-state index in [1.165, 1.54) is 19.3 Å². The van der Waals surface area contributed by atoms with Gasteiger partial charge in [-0.15, -0.1) is 12.4 Å². The third kappa shape index (κ3) is 1.99. The van der Waals surface area contributed by atoms with Crippen molar-refractivity contribution in [3.63, 3.8) is 0 Å². The van der Waals surface area contributed by atoms with Crippen LogP contribution in [0.25, 0.3) is 0 Å². The van der Waals surface area contributed by atoms with Crippen molar-refractivity contribution in [1.82, 2.24) is 10.9 Å². The molecule has 1 fully saturated rings. The zero-order chi connectivity index (χ0) is 5.11. The molecule has 1 rings (SSSR count). The third-order valence-electron chi connectivity index (χ3n) is 1.45. The minimum atomic E-state index is 0. The minimum Gasteiger partial charge on any atom is -0.261 e. The van der Waals surface area contributed by atoms with Gasteiger partial charge in [0.25, 0.3) is 0 Å². The first-order valence-corrected chi connectivity index (χ1v) is 2.86. The number of nitrogens with one attached hydrogen (secondary N) is 2. The molecule has 0 aromatic rings. The summed E-state index contributed by atoms with van der Waals surface area (Å²) >= 11 is 0. The normalized spacial score (nSPS) is 19.1. The molecule has 50 valence electrons. The van der Waals surface area contributed by atoms with E-state index in [0.29, 0.717) is 0 Å². The van der Waals surface area contributed by atoms with Gasteiger partial charge in [0, 0.05) is 6.04 Å². The van der Waals surface area contributed by atoms with Crippen molar-refractivity contribution in [2.45, 2.75) is 25.3 Å². The van der Waals surface area contributed by atoms with Crippen LogP contribution in [0, 0.1) is 0 Å². The Morgan fingerprint density at radius 2 is 2.00 bits per heavy atom. The van der Waals surface area contributed by atoms with Gasteiger partial charge in [0.05, 0.1) is 0 Å². The minimum absolute atomic E-state index is 0. The van der Waals surface area contributed by atoms with E-state index in [9.17, 15) is 0 Å². The van der Waals surface area contributed by atoms with Gasteiger partial charge in [0.2, 0.25) is 0 Å². The van der Waals surface area contributed by atoms with Crippen molar-refractivity contribution in [2.75, 3.05) is 7.05 Å². The Morgan fingerprint density at radius 1 is 1.38 bits per heavy atom. The molecule has 0 aromatic carbocycles. The average molecular weight is 137 g/mol. The molecule has 0 amide bonds. The van der Waals surface area contributed by atoms with Crippen LogP contribution in [0.15, 0.2) is 0 Å². The molecule has 0 radical (unpaired) electrons. The van der Waals surface area contributed by atoms with E-state index in [0.717, 1.165) is 6.04 Å². The van der Waals surface area contributed by atoms with Crippen LogP contribution in [0.1, 0.15) is 19.3 Å². The first-order valence-electron chi connectivity index (χ1n) is 2.86. The summed E-state index contributed by atoms with van der Waals surface area (Å²) in [5, 5.41) is 0. The van der Waals surface area contributed by atoms with Gasteiger partial charge in [0.15, 0.2) is 0 Å². The van der Waals surface area contributed by atoms with E-state index >= 15 is 0 Å². The fourth-order valence-corrected chi connectivity index (χ4v) is 0.757. The van der Waals surface area contributed by atoms with Crippen molar-refractivity contribution >= 4 is 12.4 Å². The maximum absolute atomic E-state index is 3.13. The summed E-state index contributed by atoms with van der Waals surface area (Å²) < 4.78 is 0. The summed E-state index contributed by atoms with van der Waals surface area (Å²) in [4.78, 5) is 0. The highest BCUT2D eigenvalue weighted by Crippen LogP contribution is 2.16. The zero-order valence-electron chi connectivity index (χ0n) is 5.11. The molecule has 1 aliphatic carbocycles. The summed E-state index contributed by atoms with van der Waals surface area (Å²) in [6.45, 7) is 0. The van der Waals surface area contributed by atoms with Crippen molar-refractivity contribution in [3.8, 4) is 0 Å². The lowest BCUT2D eigenvalue weighted by Crippen LogP contribution is -2.42. The average Bonchev–Trinajstić information content (AvgIpc) is 1.55. The van der Waals surface area contributed by atoms with Crippen LogP contribution in [0.3, 0.4) is 0 Å². The van der Waals surface area contributed by atoms with Crippen molar-refractivity contribution in [1.29, 1.82) is 0 Å². The molecular formula is C5H13ClN2. The van der Waals surface area contributed by atoms with Crippen LogP contribution in [0.2, 0.25) is 0 Å². The summed E-state index contributed by atoms with van der Waals surface area (Å²) in [6, 6.07) is 0.769. The zero-order valence-corrected chi connectivity index (χ0v) is 5.92. The van der Waals surface area contributed by atoms with Crippen molar-refractivity contribution < 1.29 is 0 Å². The number of hydrazine groups is 1. The first-order chi connectivity index (χ1) is 3.43. The van der Waals surface area contributed by atoms with Crippen LogP contribution >= 0.6 is 12.4 Å². The smallest absolute Gasteiger partial charge is 0.0212 e. The fourth-order valence-electron chi connectivity index (χ4n) is 0.757. The Kier molecular flexibility index (Phi) is 4.23. The van der Waals surface area contributed by atoms with Gasteiger partial charge in [-0.05, 0) is 19.9 Å². The van der Waals surface area contributed by atoms with Crippen LogP contribution in [0.5, 0.6) is 0 Å². The van der Waals surface area contributed by atoms with Gasteiger partial charge >= 0.3 is 0 Å². The molecule has 0 spiro atoms. The van der Waals surface area contributed by atoms with Gasteiger partial charge in [0.1, 0.15) is 0 Å². The van der Waals surface area contributed by atoms with Gasteiger partial charge < -0.3 is 0 Å². The largest absolute Gasteiger partial charge is 0.261 e. The number of hydrogen-bond donors (Lipinski definition) is 2. The predicted molar refractivity (Wildman–Crippen MR) is 37.1 cm³/mol. The first kappa shape index (κ1) is 8.21. The maximum Gasteiger partial charge on any atom is 0.0212 e. The van der Waals surface area contributed by atoms with E-state index in [1.54, 1.807) is 0 Å². The second-order valence-corrected chi connectivity index (χ2v) is 2.02. The lowest BCUT2D eigenvalue weighted by atomic mass is 9.94. The van der Waals surface area contributed by atoms with Gasteiger partial charge in [-0.1, -0.05) is 6.42 Å². The van der Waals surface area contributed by atoms with Crippen LogP contribution in [0.4, 0.5) is 0 Å². The summed E-state index contributed by atoms with van der Waals surface area (Å²) in [7, 11) is 1.92. The molecule has 0 aromatic heterocycles. The summed E-state index contributed by atoms with van der Waals surface area (Å²) in [6.07, 6.45) is 4.10. The molecule has 0 heterocycles. The molecule has 0 unspecified atom stereocenters. The lowest BCUT2D eigenvalue weighted by molar-refractivity contribution is 0.313. The maximum atomic E-state index is 3.13. The Bertz CT molecular complexity index is 54.4. The quantitative estimate of drug-likeness (QED) is 0.546. The van der Waals surface area contributed by atoms with Crippen molar-refractivity contribution in [3.05, 3.63) is 0 Å². The molecule has 0 atom stereocenters. The van der Waals surface area contributed by atoms with E-state index in [1.807, 2.05) is 7.05 Å². The van der Waals surface area contributed by atoms with E-state index < -0.39 is 0 Å². The van der Waals surface area contributed by atoms with Crippen LogP contribution in [-0.4, -0.2) is 13.1 Å². The van der Waals surface area contributed by atoms with Crippen LogP contribution < -0.4 is 10.9 Å². The number of halogens is 1. The van der Waals surface area contributed by atoms with Crippen molar-refractivity contribution in [2.24, 2.45) is 0 Å². The second kappa shape index (κ2) is 4.13. The Hall–Kier alpha value is 0.210. The van der Waals surface area contributed by atoms with Gasteiger partial charge in [-0.25, -0.2) is 0 Å². The van der Waals surface area contributed by atoms with E-state index in [2.05, 4.69) is 10.9 Å². The fraction of sp³-hybridized carbons (Fsp3) is 1.00. The highest BCUT2D eigenvalue weighted by molar-refractivity contribution is 5.85. The molecule has 0 saturated heterocycles. The van der Waals surface area contributed by atoms with E-state index in [4.69, 9.17) is 0 Å². The molecule has 8 heavy (non-hydrogen) atoms. The standard InChI is InChI=1S/C5H12N2.ClH/c1-6-7-5-3-2-4-5;/h5-7H,2-4H2,1H3;1H. The molecule has 2 nitrogen and oxygen atoms in total. The second-order valence-electron chi connectivity index (χ2n) is 2.02. The van der Waals surface area contributed by atoms with Crippen LogP contribution in [-0.2, 0) is 0 Å². The Labute approximate surface area is 56.4 Å². The summed E-state index contributed by atoms with van der Waals surface area (Å²) in [5.41, 5.74) is 6.05. The number of rotatable bonds is 2. The highest BCUT2D eigenvalue weighted by atomic mass is 35.5. The highest BCUT2D eigenvalue weighted by Gasteiger charge is 2.14. The Morgan fingerprint density at radius 3 is 2.12 bits per heavy atom. The SMILES string of the molecule is CNNC1CCC1.Cl. The predicted octanol–water partition coefficient (Wildman–Crippen LogP) is 0.685. The monoisotopic (exact) mass is 136 g/mol. The molecule has 0 bridgehead atoms. The molecule has 0 aliphatic heterocycles. The molecule has 1 saturated carbocycles. The molecule has 3 heteroatoms. The molecular weight excluding hydrogens is 124 g/mol. The third-order valence-corrected chi connectivity index (χ3v) is 1.45. The number of hydrogen-bond acceptors (Lipinski definition) is 2. The van der Waals surface area contributed by atoms with Gasteiger partial charge in [-0.2, -0.15) is 0 Å². The Balaban J connectivity index is 0.000000490. The van der Waals surface area contributed by atoms with E-state index in [-0.39, 0.29) is 12.4 Å². The molecule has 1 aliphatic rings. The summed E-state index contributed by atoms with van der Waals surface area (Å²) in [5.74, 6) is 0. The lowest BCUT2D eigenvalue weighted by Gasteiger charge is -2.25. The topological polar surface area (TPSA) is 24.1 Å². The molecule has 2 N–H and O–H groups in total.